The van der Waals surface area contributed by atoms with Gasteiger partial charge in [-0.2, -0.15) is 13.2 Å². The molecule has 2 heterocycles. The maximum atomic E-state index is 12.7. The summed E-state index contributed by atoms with van der Waals surface area (Å²) in [4.78, 5) is 5.33. The number of morpholine rings is 1. The first-order valence-corrected chi connectivity index (χ1v) is 8.97. The van der Waals surface area contributed by atoms with Crippen LogP contribution < -0.4 is 5.32 Å². The number of hydrogen-bond acceptors (Lipinski definition) is 5. The van der Waals surface area contributed by atoms with Crippen LogP contribution in [0.4, 0.5) is 18.3 Å². The van der Waals surface area contributed by atoms with Crippen LogP contribution in [0.25, 0.3) is 0 Å². The number of anilines is 1. The van der Waals surface area contributed by atoms with E-state index in [4.69, 9.17) is 16.3 Å². The topological polar surface area (TPSA) is 37.4 Å². The summed E-state index contributed by atoms with van der Waals surface area (Å²) in [6, 6.07) is 7.44. The Morgan fingerprint density at radius 3 is 2.64 bits per heavy atom. The molecule has 1 unspecified atom stereocenters. The minimum Gasteiger partial charge on any atom is -0.379 e. The zero-order valence-electron chi connectivity index (χ0n) is 13.2. The molecule has 0 aliphatic carbocycles. The summed E-state index contributed by atoms with van der Waals surface area (Å²) in [5.41, 5.74) is 0.936. The van der Waals surface area contributed by atoms with Gasteiger partial charge < -0.3 is 10.1 Å². The van der Waals surface area contributed by atoms with Crippen molar-refractivity contribution in [3.05, 3.63) is 45.9 Å². The minimum atomic E-state index is -4.37. The number of ether oxygens (including phenoxy) is 1. The lowest BCUT2D eigenvalue weighted by Crippen LogP contribution is -2.41. The van der Waals surface area contributed by atoms with Gasteiger partial charge >= 0.3 is 6.18 Å². The molecule has 0 amide bonds. The molecule has 2 aromatic rings. The quantitative estimate of drug-likeness (QED) is 0.824. The van der Waals surface area contributed by atoms with Crippen LogP contribution in [0.1, 0.15) is 16.5 Å². The predicted molar refractivity (Wildman–Crippen MR) is 92.2 cm³/mol. The molecular weight excluding hydrogens is 375 g/mol. The fourth-order valence-corrected chi connectivity index (χ4v) is 3.69. The average Bonchev–Trinajstić information content (AvgIpc) is 3.07. The van der Waals surface area contributed by atoms with Crippen molar-refractivity contribution in [2.75, 3.05) is 38.2 Å². The van der Waals surface area contributed by atoms with Gasteiger partial charge in [0.15, 0.2) is 5.13 Å². The number of alkyl halides is 3. The molecule has 136 valence electrons. The molecule has 1 aromatic carbocycles. The van der Waals surface area contributed by atoms with Crippen molar-refractivity contribution in [2.45, 2.75) is 12.2 Å². The van der Waals surface area contributed by atoms with E-state index in [-0.39, 0.29) is 11.2 Å². The Bertz CT molecular complexity index is 704. The Hall–Kier alpha value is -1.35. The number of hydrogen-bond donors (Lipinski definition) is 1. The third kappa shape index (κ3) is 4.63. The number of benzene rings is 1. The summed E-state index contributed by atoms with van der Waals surface area (Å²) >= 11 is 6.94. The molecule has 3 rings (SSSR count). The van der Waals surface area contributed by atoms with Gasteiger partial charge in [0.25, 0.3) is 0 Å². The zero-order chi connectivity index (χ0) is 17.9. The third-order valence-corrected chi connectivity index (χ3v) is 5.33. The minimum absolute atomic E-state index is 0.0733. The van der Waals surface area contributed by atoms with Crippen LogP contribution in [0.15, 0.2) is 30.5 Å². The molecule has 1 saturated heterocycles. The van der Waals surface area contributed by atoms with Crippen LogP contribution in [0, 0.1) is 0 Å². The third-order valence-electron chi connectivity index (χ3n) is 3.98. The van der Waals surface area contributed by atoms with Crippen molar-refractivity contribution in [1.29, 1.82) is 0 Å². The van der Waals surface area contributed by atoms with E-state index in [1.807, 2.05) is 24.3 Å². The Morgan fingerprint density at radius 1 is 1.28 bits per heavy atom. The number of halogens is 4. The highest BCUT2D eigenvalue weighted by molar-refractivity contribution is 7.15. The molecule has 9 heteroatoms. The van der Waals surface area contributed by atoms with E-state index in [0.717, 1.165) is 24.8 Å². The molecule has 0 saturated carbocycles. The monoisotopic (exact) mass is 391 g/mol. The normalized spacial score (nSPS) is 17.4. The van der Waals surface area contributed by atoms with Gasteiger partial charge in [-0.15, -0.1) is 0 Å². The summed E-state index contributed by atoms with van der Waals surface area (Å²) in [7, 11) is 0. The van der Waals surface area contributed by atoms with Gasteiger partial charge in [0.1, 0.15) is 4.88 Å². The van der Waals surface area contributed by atoms with Crippen molar-refractivity contribution in [2.24, 2.45) is 0 Å². The standard InChI is InChI=1S/C16H17ClF3N3OS/c17-12-4-2-1-3-11(12)13(23-5-7-24-8-6-23)9-21-15-22-10-14(25-15)16(18,19)20/h1-4,10,13H,5-9H2,(H,21,22). The summed E-state index contributed by atoms with van der Waals surface area (Å²) in [6.45, 7) is 3.13. The summed E-state index contributed by atoms with van der Waals surface area (Å²) in [5.74, 6) is 0. The zero-order valence-corrected chi connectivity index (χ0v) is 14.8. The number of aromatic nitrogens is 1. The van der Waals surface area contributed by atoms with Crippen LogP contribution in [0.2, 0.25) is 5.02 Å². The van der Waals surface area contributed by atoms with E-state index in [1.54, 1.807) is 0 Å². The Morgan fingerprint density at radius 2 is 2.00 bits per heavy atom. The SMILES string of the molecule is FC(F)(F)c1cnc(NCC(c2ccccc2Cl)N2CCOCC2)s1. The van der Waals surface area contributed by atoms with E-state index in [9.17, 15) is 13.2 Å². The Labute approximate surface area is 152 Å². The lowest BCUT2D eigenvalue weighted by molar-refractivity contribution is -0.134. The van der Waals surface area contributed by atoms with E-state index in [2.05, 4.69) is 15.2 Å². The largest absolute Gasteiger partial charge is 0.427 e. The highest BCUT2D eigenvalue weighted by Crippen LogP contribution is 2.35. The maximum Gasteiger partial charge on any atom is 0.427 e. The molecule has 25 heavy (non-hydrogen) atoms. The first kappa shape index (κ1) is 18.4. The van der Waals surface area contributed by atoms with E-state index in [1.165, 1.54) is 0 Å². The first-order chi connectivity index (χ1) is 11.9. The molecular formula is C16H17ClF3N3OS. The number of thiazole rings is 1. The smallest absolute Gasteiger partial charge is 0.379 e. The van der Waals surface area contributed by atoms with E-state index < -0.39 is 11.1 Å². The molecule has 0 spiro atoms. The second-order valence-corrected chi connectivity index (χ2v) is 7.03. The van der Waals surface area contributed by atoms with Crippen molar-refractivity contribution in [3.8, 4) is 0 Å². The maximum absolute atomic E-state index is 12.7. The molecule has 0 bridgehead atoms. The Balaban J connectivity index is 1.76. The van der Waals surface area contributed by atoms with Gasteiger partial charge in [0.05, 0.1) is 25.5 Å². The second kappa shape index (κ2) is 7.90. The molecule has 1 aromatic heterocycles. The van der Waals surface area contributed by atoms with Gasteiger partial charge in [-0.25, -0.2) is 4.98 Å². The van der Waals surface area contributed by atoms with E-state index >= 15 is 0 Å². The number of nitrogens with zero attached hydrogens (tertiary/aromatic N) is 2. The van der Waals surface area contributed by atoms with Crippen molar-refractivity contribution >= 4 is 28.1 Å². The summed E-state index contributed by atoms with van der Waals surface area (Å²) in [5, 5.41) is 3.91. The summed E-state index contributed by atoms with van der Waals surface area (Å²) < 4.78 is 43.5. The number of rotatable bonds is 5. The molecule has 1 aliphatic rings. The molecule has 1 N–H and O–H groups in total. The van der Waals surface area contributed by atoms with Crippen molar-refractivity contribution in [1.82, 2.24) is 9.88 Å². The van der Waals surface area contributed by atoms with Crippen LogP contribution in [0.3, 0.4) is 0 Å². The second-order valence-electron chi connectivity index (χ2n) is 5.59. The van der Waals surface area contributed by atoms with E-state index in [0.29, 0.717) is 36.1 Å². The van der Waals surface area contributed by atoms with Gasteiger partial charge in [0, 0.05) is 24.7 Å². The van der Waals surface area contributed by atoms with Gasteiger partial charge in [-0.05, 0) is 11.6 Å². The lowest BCUT2D eigenvalue weighted by Gasteiger charge is -2.35. The van der Waals surface area contributed by atoms with Crippen LogP contribution in [-0.4, -0.2) is 42.7 Å². The Kier molecular flexibility index (Phi) is 5.83. The molecule has 0 radical (unpaired) electrons. The van der Waals surface area contributed by atoms with Crippen molar-refractivity contribution < 1.29 is 17.9 Å². The number of nitrogens with one attached hydrogen (secondary N) is 1. The van der Waals surface area contributed by atoms with Crippen LogP contribution in [-0.2, 0) is 10.9 Å². The molecule has 1 aliphatic heterocycles. The highest BCUT2D eigenvalue weighted by Gasteiger charge is 2.33. The predicted octanol–water partition coefficient (Wildman–Crippen LogP) is 4.30. The molecule has 1 fully saturated rings. The molecule has 1 atom stereocenters. The lowest BCUT2D eigenvalue weighted by atomic mass is 10.0. The average molecular weight is 392 g/mol. The van der Waals surface area contributed by atoms with Gasteiger partial charge in [-0.3, -0.25) is 4.90 Å². The van der Waals surface area contributed by atoms with Crippen LogP contribution >= 0.6 is 22.9 Å². The van der Waals surface area contributed by atoms with Crippen molar-refractivity contribution in [3.63, 3.8) is 0 Å². The highest BCUT2D eigenvalue weighted by atomic mass is 35.5. The summed E-state index contributed by atoms with van der Waals surface area (Å²) in [6.07, 6.45) is -3.52. The fraction of sp³-hybridized carbons (Fsp3) is 0.438. The van der Waals surface area contributed by atoms with Gasteiger partial charge in [-0.1, -0.05) is 41.1 Å². The molecule has 4 nitrogen and oxygen atoms in total. The first-order valence-electron chi connectivity index (χ1n) is 7.78. The van der Waals surface area contributed by atoms with Crippen LogP contribution in [0.5, 0.6) is 0 Å². The fourth-order valence-electron chi connectivity index (χ4n) is 2.74. The van der Waals surface area contributed by atoms with Gasteiger partial charge in [0.2, 0.25) is 0 Å².